The molecule has 0 aliphatic carbocycles. The second-order valence-corrected chi connectivity index (χ2v) is 5.46. The van der Waals surface area contributed by atoms with Crippen molar-refractivity contribution in [2.24, 2.45) is 0 Å². The summed E-state index contributed by atoms with van der Waals surface area (Å²) in [6.07, 6.45) is 0.960. The molecule has 1 aromatic carbocycles. The van der Waals surface area contributed by atoms with Gasteiger partial charge in [0.2, 0.25) is 5.91 Å². The number of rotatable bonds is 10. The molecule has 0 saturated carbocycles. The third kappa shape index (κ3) is 8.52. The van der Waals surface area contributed by atoms with Crippen molar-refractivity contribution in [1.82, 2.24) is 5.32 Å². The normalized spacial score (nSPS) is 10.7. The van der Waals surface area contributed by atoms with E-state index in [1.165, 1.54) is 12.1 Å². The summed E-state index contributed by atoms with van der Waals surface area (Å²) in [6.45, 7) is -2.09. The number of carbonyl (C=O) groups excluding carboxylic acids is 1. The van der Waals surface area contributed by atoms with Crippen molar-refractivity contribution in [3.8, 4) is 5.75 Å². The third-order valence-electron chi connectivity index (χ3n) is 2.53. The molecule has 0 aromatic heterocycles. The first-order valence-corrected chi connectivity index (χ1v) is 7.76. The van der Waals surface area contributed by atoms with E-state index in [2.05, 4.69) is 10.1 Å². The fraction of sp³-hybridized carbons (Fsp3) is 0.500. The van der Waals surface area contributed by atoms with Gasteiger partial charge in [-0.1, -0.05) is 12.1 Å². The predicted molar refractivity (Wildman–Crippen MR) is 78.8 cm³/mol. The zero-order valence-corrected chi connectivity index (χ0v) is 12.4. The minimum absolute atomic E-state index is 0.0782. The van der Waals surface area contributed by atoms with Crippen molar-refractivity contribution in [2.75, 3.05) is 24.7 Å². The van der Waals surface area contributed by atoms with E-state index in [1.807, 2.05) is 0 Å². The Kier molecular flexibility index (Phi) is 8.77. The van der Waals surface area contributed by atoms with Gasteiger partial charge >= 0.3 is 6.61 Å². The lowest BCUT2D eigenvalue weighted by Crippen LogP contribution is -2.27. The molecule has 0 spiro atoms. The number of aliphatic hydroxyl groups is 1. The van der Waals surface area contributed by atoms with Crippen LogP contribution in [0.2, 0.25) is 0 Å². The molecule has 7 heteroatoms. The smallest absolute Gasteiger partial charge is 0.387 e. The Balaban J connectivity index is 2.21. The van der Waals surface area contributed by atoms with Gasteiger partial charge < -0.3 is 15.2 Å². The Morgan fingerprint density at radius 3 is 2.62 bits per heavy atom. The van der Waals surface area contributed by atoms with E-state index in [1.54, 1.807) is 23.9 Å². The summed E-state index contributed by atoms with van der Waals surface area (Å²) in [5.41, 5.74) is 0.738. The molecule has 0 heterocycles. The lowest BCUT2D eigenvalue weighted by molar-refractivity contribution is -0.120. The molecular weight excluding hydrogens is 300 g/mol. The molecule has 1 aromatic rings. The number of carbonyl (C=O) groups is 1. The number of alkyl halides is 2. The number of nitrogens with one attached hydrogen (secondary N) is 1. The molecule has 0 saturated heterocycles. The van der Waals surface area contributed by atoms with Crippen molar-refractivity contribution < 1.29 is 23.4 Å². The number of ether oxygens (including phenoxy) is 1. The van der Waals surface area contributed by atoms with Gasteiger partial charge in [0.1, 0.15) is 5.75 Å². The second-order valence-electron chi connectivity index (χ2n) is 4.24. The Morgan fingerprint density at radius 1 is 1.29 bits per heavy atom. The molecule has 0 aliphatic rings. The topological polar surface area (TPSA) is 58.6 Å². The number of aliphatic hydroxyl groups excluding tert-OH is 1. The molecule has 118 valence electrons. The number of benzene rings is 1. The highest BCUT2D eigenvalue weighted by Gasteiger charge is 2.06. The van der Waals surface area contributed by atoms with Gasteiger partial charge in [-0.05, 0) is 29.9 Å². The molecule has 21 heavy (non-hydrogen) atoms. The van der Waals surface area contributed by atoms with Gasteiger partial charge in [-0.25, -0.2) is 0 Å². The van der Waals surface area contributed by atoms with Gasteiger partial charge in [-0.3, -0.25) is 4.79 Å². The second kappa shape index (κ2) is 10.4. The van der Waals surface area contributed by atoms with Crippen LogP contribution in [0.4, 0.5) is 8.78 Å². The standard InChI is InChI=1S/C14H19F2NO3S/c15-14(16)20-12-4-2-11(3-5-12)10-13(19)17-6-9-21-8-1-7-18/h2-5,14,18H,1,6-10H2,(H,17,19). The van der Waals surface area contributed by atoms with E-state index in [0.717, 1.165) is 23.5 Å². The molecule has 0 aliphatic heterocycles. The van der Waals surface area contributed by atoms with Gasteiger partial charge in [-0.15, -0.1) is 0 Å². The Hall–Kier alpha value is -1.34. The highest BCUT2D eigenvalue weighted by atomic mass is 32.2. The molecule has 0 fully saturated rings. The highest BCUT2D eigenvalue weighted by Crippen LogP contribution is 2.15. The van der Waals surface area contributed by atoms with Gasteiger partial charge in [0, 0.05) is 18.9 Å². The number of hydrogen-bond donors (Lipinski definition) is 2. The lowest BCUT2D eigenvalue weighted by atomic mass is 10.1. The van der Waals surface area contributed by atoms with E-state index in [9.17, 15) is 13.6 Å². The number of halogens is 2. The zero-order valence-electron chi connectivity index (χ0n) is 11.6. The quantitative estimate of drug-likeness (QED) is 0.648. The molecule has 2 N–H and O–H groups in total. The van der Waals surface area contributed by atoms with E-state index in [0.29, 0.717) is 6.54 Å². The molecule has 1 amide bonds. The van der Waals surface area contributed by atoms with Gasteiger partial charge in [0.15, 0.2) is 0 Å². The van der Waals surface area contributed by atoms with E-state index >= 15 is 0 Å². The van der Waals surface area contributed by atoms with E-state index in [-0.39, 0.29) is 24.7 Å². The highest BCUT2D eigenvalue weighted by molar-refractivity contribution is 7.99. The van der Waals surface area contributed by atoms with Crippen LogP contribution < -0.4 is 10.1 Å². The summed E-state index contributed by atoms with van der Waals surface area (Å²) in [5.74, 6) is 1.64. The largest absolute Gasteiger partial charge is 0.435 e. The van der Waals surface area contributed by atoms with Crippen LogP contribution in [0.15, 0.2) is 24.3 Å². The van der Waals surface area contributed by atoms with Gasteiger partial charge in [0.05, 0.1) is 6.42 Å². The van der Waals surface area contributed by atoms with Gasteiger partial charge in [-0.2, -0.15) is 20.5 Å². The fourth-order valence-corrected chi connectivity index (χ4v) is 2.35. The van der Waals surface area contributed by atoms with Crippen LogP contribution in [-0.4, -0.2) is 42.3 Å². The van der Waals surface area contributed by atoms with E-state index < -0.39 is 6.61 Å². The molecule has 0 atom stereocenters. The summed E-state index contributed by atoms with van der Waals surface area (Å²) in [4.78, 5) is 11.7. The van der Waals surface area contributed by atoms with Crippen LogP contribution in [0.5, 0.6) is 5.75 Å². The molecule has 0 radical (unpaired) electrons. The maximum atomic E-state index is 12.0. The summed E-state index contributed by atoms with van der Waals surface area (Å²) in [5, 5.41) is 11.4. The monoisotopic (exact) mass is 319 g/mol. The summed E-state index contributed by atoms with van der Waals surface area (Å²) in [7, 11) is 0. The molecular formula is C14H19F2NO3S. The molecule has 4 nitrogen and oxygen atoms in total. The van der Waals surface area contributed by atoms with Crippen LogP contribution in [0, 0.1) is 0 Å². The number of thioether (sulfide) groups is 1. The third-order valence-corrected chi connectivity index (χ3v) is 3.60. The number of amides is 1. The van der Waals surface area contributed by atoms with Crippen molar-refractivity contribution >= 4 is 17.7 Å². The average Bonchev–Trinajstić information content (AvgIpc) is 2.44. The minimum atomic E-state index is -2.84. The lowest BCUT2D eigenvalue weighted by Gasteiger charge is -2.07. The van der Waals surface area contributed by atoms with Crippen LogP contribution in [0.3, 0.4) is 0 Å². The van der Waals surface area contributed by atoms with Crippen molar-refractivity contribution in [2.45, 2.75) is 19.5 Å². The Morgan fingerprint density at radius 2 is 2.00 bits per heavy atom. The van der Waals surface area contributed by atoms with Crippen molar-refractivity contribution in [3.05, 3.63) is 29.8 Å². The maximum Gasteiger partial charge on any atom is 0.387 e. The summed E-state index contributed by atoms with van der Waals surface area (Å²) >= 11 is 1.67. The van der Waals surface area contributed by atoms with Crippen LogP contribution in [-0.2, 0) is 11.2 Å². The first-order chi connectivity index (χ1) is 10.1. The minimum Gasteiger partial charge on any atom is -0.435 e. The zero-order chi connectivity index (χ0) is 15.5. The Bertz CT molecular complexity index is 415. The summed E-state index contributed by atoms with van der Waals surface area (Å²) in [6, 6.07) is 6.01. The van der Waals surface area contributed by atoms with Gasteiger partial charge in [0.25, 0.3) is 0 Å². The van der Waals surface area contributed by atoms with E-state index in [4.69, 9.17) is 5.11 Å². The fourth-order valence-electron chi connectivity index (χ4n) is 1.57. The molecule has 0 bridgehead atoms. The first kappa shape index (κ1) is 17.7. The summed E-state index contributed by atoms with van der Waals surface area (Å²) < 4.78 is 28.2. The van der Waals surface area contributed by atoms with Crippen LogP contribution in [0.1, 0.15) is 12.0 Å². The Labute approximate surface area is 126 Å². The van der Waals surface area contributed by atoms with Crippen molar-refractivity contribution in [3.63, 3.8) is 0 Å². The van der Waals surface area contributed by atoms with Crippen molar-refractivity contribution in [1.29, 1.82) is 0 Å². The molecule has 0 unspecified atom stereocenters. The average molecular weight is 319 g/mol. The maximum absolute atomic E-state index is 12.0. The van der Waals surface area contributed by atoms with Crippen LogP contribution >= 0.6 is 11.8 Å². The number of hydrogen-bond acceptors (Lipinski definition) is 4. The SMILES string of the molecule is O=C(Cc1ccc(OC(F)F)cc1)NCCSCCCO. The molecule has 1 rings (SSSR count). The van der Waals surface area contributed by atoms with Crippen LogP contribution in [0.25, 0.3) is 0 Å². The predicted octanol–water partition coefficient (Wildman–Crippen LogP) is 2.06. The first-order valence-electron chi connectivity index (χ1n) is 6.61.